The molecule has 170 valence electrons. The third kappa shape index (κ3) is 5.01. The lowest BCUT2D eigenvalue weighted by atomic mass is 9.87. The molecular weight excluding hydrogens is 438 g/mol. The van der Waals surface area contributed by atoms with Gasteiger partial charge in [0.25, 0.3) is 5.91 Å². The number of fused-ring (bicyclic) bond motifs is 1. The number of benzene rings is 2. The van der Waals surface area contributed by atoms with E-state index in [1.165, 1.54) is 5.56 Å². The molecule has 4 aromatic rings. The molecule has 1 amide bonds. The lowest BCUT2D eigenvalue weighted by Crippen LogP contribution is -2.42. The summed E-state index contributed by atoms with van der Waals surface area (Å²) in [6, 6.07) is 16.5. The van der Waals surface area contributed by atoms with Crippen molar-refractivity contribution in [2.45, 2.75) is 45.6 Å². The highest BCUT2D eigenvalue weighted by Crippen LogP contribution is 2.32. The Balaban J connectivity index is 1.52. The van der Waals surface area contributed by atoms with Crippen LogP contribution in [0.5, 0.6) is 5.75 Å². The normalized spacial score (nSPS) is 12.1. The minimum Gasteiger partial charge on any atom is -0.478 e. The quantitative estimate of drug-likeness (QED) is 0.359. The maximum atomic E-state index is 13.0. The minimum atomic E-state index is -1.11. The van der Waals surface area contributed by atoms with E-state index in [9.17, 15) is 4.79 Å². The fourth-order valence-corrected chi connectivity index (χ4v) is 3.50. The van der Waals surface area contributed by atoms with Gasteiger partial charge >= 0.3 is 0 Å². The Morgan fingerprint density at radius 1 is 1.03 bits per heavy atom. The molecule has 0 spiro atoms. The first kappa shape index (κ1) is 22.8. The van der Waals surface area contributed by atoms with Gasteiger partial charge in [-0.3, -0.25) is 4.79 Å². The number of anilines is 1. The van der Waals surface area contributed by atoms with Crippen LogP contribution in [0.1, 0.15) is 40.2 Å². The van der Waals surface area contributed by atoms with E-state index >= 15 is 0 Å². The van der Waals surface area contributed by atoms with Crippen molar-refractivity contribution in [3.05, 3.63) is 71.4 Å². The number of rotatable bonds is 5. The fourth-order valence-electron chi connectivity index (χ4n) is 3.30. The largest absolute Gasteiger partial charge is 0.478 e. The highest BCUT2D eigenvalue weighted by atomic mass is 35.5. The zero-order chi connectivity index (χ0) is 23.8. The van der Waals surface area contributed by atoms with E-state index < -0.39 is 5.60 Å². The van der Waals surface area contributed by atoms with E-state index in [0.29, 0.717) is 39.1 Å². The summed E-state index contributed by atoms with van der Waals surface area (Å²) in [6.07, 6.45) is 1.64. The van der Waals surface area contributed by atoms with Crippen LogP contribution in [0.2, 0.25) is 5.02 Å². The van der Waals surface area contributed by atoms with Gasteiger partial charge in [0, 0.05) is 11.9 Å². The van der Waals surface area contributed by atoms with Crippen LogP contribution in [0.25, 0.3) is 22.7 Å². The second-order valence-corrected chi connectivity index (χ2v) is 9.79. The van der Waals surface area contributed by atoms with Crippen molar-refractivity contribution in [1.82, 2.24) is 9.97 Å². The third-order valence-corrected chi connectivity index (χ3v) is 5.59. The van der Waals surface area contributed by atoms with Crippen LogP contribution in [0.15, 0.2) is 65.2 Å². The van der Waals surface area contributed by atoms with Crippen LogP contribution in [0.3, 0.4) is 0 Å². The molecule has 0 bridgehead atoms. The van der Waals surface area contributed by atoms with Gasteiger partial charge in [-0.15, -0.1) is 0 Å². The molecule has 0 radical (unpaired) electrons. The van der Waals surface area contributed by atoms with Crippen molar-refractivity contribution in [3.8, 4) is 17.2 Å². The molecule has 2 heterocycles. The summed E-state index contributed by atoms with van der Waals surface area (Å²) in [4.78, 5) is 21.6. The summed E-state index contributed by atoms with van der Waals surface area (Å²) < 4.78 is 11.8. The van der Waals surface area contributed by atoms with E-state index in [1.807, 2.05) is 24.3 Å². The maximum absolute atomic E-state index is 13.0. The third-order valence-electron chi connectivity index (χ3n) is 5.26. The number of carbonyl (C=O) groups is 1. The monoisotopic (exact) mass is 463 g/mol. The molecule has 1 N–H and O–H groups in total. The number of nitrogens with one attached hydrogen (secondary N) is 1. The Bertz CT molecular complexity index is 1270. The smallest absolute Gasteiger partial charge is 0.267 e. The summed E-state index contributed by atoms with van der Waals surface area (Å²) in [7, 11) is 0. The zero-order valence-electron chi connectivity index (χ0n) is 19.3. The van der Waals surface area contributed by atoms with Gasteiger partial charge in [0.05, 0.1) is 10.6 Å². The number of halogens is 1. The SMILES string of the molecule is CC(C)(Oc1ccc(C(C)(C)C)cc1)C(=O)Nc1ccc(Cl)c(-c2nc3ncccc3o2)c1. The number of pyridine rings is 1. The van der Waals surface area contributed by atoms with Crippen molar-refractivity contribution in [2.24, 2.45) is 0 Å². The number of carbonyl (C=O) groups excluding carboxylic acids is 1. The molecule has 0 fully saturated rings. The molecule has 0 atom stereocenters. The Hall–Kier alpha value is -3.38. The predicted molar refractivity (Wildman–Crippen MR) is 131 cm³/mol. The van der Waals surface area contributed by atoms with Gasteiger partial charge in [0.15, 0.2) is 16.8 Å². The second kappa shape index (κ2) is 8.52. The molecule has 4 rings (SSSR count). The van der Waals surface area contributed by atoms with Gasteiger partial charge in [0.1, 0.15) is 5.75 Å². The number of hydrogen-bond acceptors (Lipinski definition) is 5. The lowest BCUT2D eigenvalue weighted by Gasteiger charge is -2.26. The zero-order valence-corrected chi connectivity index (χ0v) is 20.0. The Kier molecular flexibility index (Phi) is 5.89. The Morgan fingerprint density at radius 3 is 2.42 bits per heavy atom. The molecule has 0 aliphatic heterocycles. The fraction of sp³-hybridized carbons (Fsp3) is 0.269. The Morgan fingerprint density at radius 2 is 1.76 bits per heavy atom. The van der Waals surface area contributed by atoms with E-state index in [0.717, 1.165) is 0 Å². The van der Waals surface area contributed by atoms with Crippen LogP contribution in [0, 0.1) is 0 Å². The summed E-state index contributed by atoms with van der Waals surface area (Å²) in [5.41, 5.74) is 2.29. The standard InChI is InChI=1S/C26H26ClN3O3/c1-25(2,3)16-8-11-18(12-9-16)33-26(4,5)24(31)29-17-10-13-20(27)19(15-17)23-30-22-21(32-23)7-6-14-28-22/h6-15H,1-5H3,(H,29,31). The predicted octanol–water partition coefficient (Wildman–Crippen LogP) is 6.64. The number of ether oxygens (including phenoxy) is 1. The number of aromatic nitrogens is 2. The van der Waals surface area contributed by atoms with Gasteiger partial charge in [0.2, 0.25) is 5.89 Å². The number of hydrogen-bond donors (Lipinski definition) is 1. The maximum Gasteiger partial charge on any atom is 0.267 e. The first-order valence-electron chi connectivity index (χ1n) is 10.7. The Labute approximate surface area is 198 Å². The summed E-state index contributed by atoms with van der Waals surface area (Å²) in [5.74, 6) is 0.660. The first-order chi connectivity index (χ1) is 15.5. The molecule has 0 aliphatic rings. The van der Waals surface area contributed by atoms with Gasteiger partial charge in [-0.1, -0.05) is 44.5 Å². The summed E-state index contributed by atoms with van der Waals surface area (Å²) >= 11 is 6.38. The topological polar surface area (TPSA) is 77.2 Å². The average molecular weight is 464 g/mol. The molecular formula is C26H26ClN3O3. The van der Waals surface area contributed by atoms with Crippen LogP contribution in [-0.2, 0) is 10.2 Å². The van der Waals surface area contributed by atoms with E-state index in [1.54, 1.807) is 50.4 Å². The lowest BCUT2D eigenvalue weighted by molar-refractivity contribution is -0.128. The van der Waals surface area contributed by atoms with Crippen molar-refractivity contribution in [1.29, 1.82) is 0 Å². The molecule has 0 saturated carbocycles. The van der Waals surface area contributed by atoms with Crippen LogP contribution in [-0.4, -0.2) is 21.5 Å². The van der Waals surface area contributed by atoms with Crippen molar-refractivity contribution in [2.75, 3.05) is 5.32 Å². The second-order valence-electron chi connectivity index (χ2n) is 9.38. The molecule has 0 unspecified atom stereocenters. The van der Waals surface area contributed by atoms with E-state index in [4.69, 9.17) is 20.8 Å². The summed E-state index contributed by atoms with van der Waals surface area (Å²) in [5, 5.41) is 3.35. The average Bonchev–Trinajstić information content (AvgIpc) is 3.18. The van der Waals surface area contributed by atoms with Gasteiger partial charge in [-0.2, -0.15) is 4.98 Å². The van der Waals surface area contributed by atoms with E-state index in [-0.39, 0.29) is 11.3 Å². The van der Waals surface area contributed by atoms with Crippen molar-refractivity contribution >= 4 is 34.4 Å². The number of nitrogens with zero attached hydrogens (tertiary/aromatic N) is 2. The van der Waals surface area contributed by atoms with Crippen LogP contribution < -0.4 is 10.1 Å². The molecule has 33 heavy (non-hydrogen) atoms. The van der Waals surface area contributed by atoms with Gasteiger partial charge in [-0.25, -0.2) is 4.98 Å². The first-order valence-corrected chi connectivity index (χ1v) is 11.0. The van der Waals surface area contributed by atoms with Gasteiger partial charge in [-0.05, 0) is 67.3 Å². The highest BCUT2D eigenvalue weighted by Gasteiger charge is 2.30. The molecule has 6 nitrogen and oxygen atoms in total. The van der Waals surface area contributed by atoms with Crippen molar-refractivity contribution in [3.63, 3.8) is 0 Å². The minimum absolute atomic E-state index is 0.0441. The molecule has 0 saturated heterocycles. The highest BCUT2D eigenvalue weighted by molar-refractivity contribution is 6.33. The molecule has 2 aromatic carbocycles. The van der Waals surface area contributed by atoms with Crippen LogP contribution in [0.4, 0.5) is 5.69 Å². The summed E-state index contributed by atoms with van der Waals surface area (Å²) in [6.45, 7) is 9.90. The van der Waals surface area contributed by atoms with Gasteiger partial charge < -0.3 is 14.5 Å². The van der Waals surface area contributed by atoms with Crippen molar-refractivity contribution < 1.29 is 13.9 Å². The van der Waals surface area contributed by atoms with E-state index in [2.05, 4.69) is 36.1 Å². The molecule has 0 aliphatic carbocycles. The van der Waals surface area contributed by atoms with Crippen LogP contribution >= 0.6 is 11.6 Å². The number of oxazole rings is 1. The molecule has 7 heteroatoms. The molecule has 2 aromatic heterocycles. The number of amides is 1.